The van der Waals surface area contributed by atoms with Gasteiger partial charge in [0.15, 0.2) is 11.5 Å². The molecular weight excluding hydrogens is 378 g/mol. The highest BCUT2D eigenvalue weighted by Crippen LogP contribution is 2.69. The highest BCUT2D eigenvalue weighted by molar-refractivity contribution is 6.01. The van der Waals surface area contributed by atoms with E-state index >= 15 is 8.78 Å². The predicted octanol–water partition coefficient (Wildman–Crippen LogP) is 3.87. The first-order chi connectivity index (χ1) is 13.5. The number of aliphatic hydroxyl groups excluding tert-OH is 1. The molecule has 6 heteroatoms. The maximum Gasteiger partial charge on any atom is 0.305 e. The van der Waals surface area contributed by atoms with Crippen LogP contribution in [0.15, 0.2) is 23.8 Å². The number of aliphatic hydroxyl groups is 1. The van der Waals surface area contributed by atoms with Gasteiger partial charge in [-0.05, 0) is 55.7 Å². The van der Waals surface area contributed by atoms with Crippen molar-refractivity contribution in [3.63, 3.8) is 0 Å². The van der Waals surface area contributed by atoms with Gasteiger partial charge in [-0.3, -0.25) is 9.59 Å². The van der Waals surface area contributed by atoms with Gasteiger partial charge in [0.05, 0.1) is 6.10 Å². The number of ether oxygens (including phenoxy) is 1. The molecule has 0 bridgehead atoms. The molecule has 0 unspecified atom stereocenters. The minimum Gasteiger partial charge on any atom is -0.461 e. The van der Waals surface area contributed by atoms with Crippen LogP contribution in [0.4, 0.5) is 8.78 Å². The molecule has 0 aliphatic heterocycles. The first-order valence-electron chi connectivity index (χ1n) is 10.6. The van der Waals surface area contributed by atoms with Gasteiger partial charge < -0.3 is 9.84 Å². The average Bonchev–Trinajstić information content (AvgIpc) is 2.90. The van der Waals surface area contributed by atoms with Crippen LogP contribution in [0.3, 0.4) is 0 Å². The molecule has 29 heavy (non-hydrogen) atoms. The number of hydrogen-bond donors (Lipinski definition) is 1. The molecule has 0 aromatic carbocycles. The Morgan fingerprint density at radius 1 is 1.31 bits per heavy atom. The summed E-state index contributed by atoms with van der Waals surface area (Å²) in [5.74, 6) is -1.60. The van der Waals surface area contributed by atoms with Crippen molar-refractivity contribution in [2.45, 2.75) is 77.4 Å². The second-order valence-electron chi connectivity index (χ2n) is 9.92. The molecule has 0 aromatic heterocycles. The lowest BCUT2D eigenvalue weighted by molar-refractivity contribution is -0.212. The minimum absolute atomic E-state index is 0.00123. The molecule has 0 radical (unpaired) electrons. The topological polar surface area (TPSA) is 63.6 Å². The highest BCUT2D eigenvalue weighted by Gasteiger charge is 2.73. The summed E-state index contributed by atoms with van der Waals surface area (Å²) in [5, 5.41) is 11.1. The van der Waals surface area contributed by atoms with Crippen LogP contribution in [-0.2, 0) is 14.3 Å². The van der Waals surface area contributed by atoms with Gasteiger partial charge in [-0.1, -0.05) is 26.8 Å². The van der Waals surface area contributed by atoms with Gasteiger partial charge in [0.25, 0.3) is 0 Å². The molecule has 4 aliphatic rings. The van der Waals surface area contributed by atoms with E-state index in [0.717, 1.165) is 0 Å². The summed E-state index contributed by atoms with van der Waals surface area (Å²) in [6.45, 7) is 7.24. The van der Waals surface area contributed by atoms with Gasteiger partial charge in [0.2, 0.25) is 0 Å². The summed E-state index contributed by atoms with van der Waals surface area (Å²) in [4.78, 5) is 23.9. The summed E-state index contributed by atoms with van der Waals surface area (Å²) in [5.41, 5.74) is -3.93. The van der Waals surface area contributed by atoms with E-state index in [1.165, 1.54) is 18.2 Å². The normalized spacial score (nSPS) is 51.0. The average molecular weight is 408 g/mol. The number of esters is 1. The van der Waals surface area contributed by atoms with E-state index in [1.54, 1.807) is 13.8 Å². The summed E-state index contributed by atoms with van der Waals surface area (Å²) >= 11 is 0. The van der Waals surface area contributed by atoms with Crippen molar-refractivity contribution in [2.24, 2.45) is 28.6 Å². The zero-order chi connectivity index (χ0) is 21.4. The van der Waals surface area contributed by atoms with Crippen molar-refractivity contribution in [3.8, 4) is 0 Å². The molecular formula is C23H30F2O4. The van der Waals surface area contributed by atoms with E-state index in [9.17, 15) is 14.7 Å². The lowest BCUT2D eigenvalue weighted by Crippen LogP contribution is -2.68. The van der Waals surface area contributed by atoms with Gasteiger partial charge in [0, 0.05) is 23.2 Å². The molecule has 4 aliphatic carbocycles. The molecule has 0 aromatic rings. The number of allylic oxidation sites excluding steroid dienone is 4. The fraction of sp³-hybridized carbons (Fsp3) is 0.739. The van der Waals surface area contributed by atoms with Gasteiger partial charge in [0.1, 0.15) is 12.3 Å². The summed E-state index contributed by atoms with van der Waals surface area (Å²) in [6, 6.07) is 0. The number of fused-ring (bicyclic) bond motifs is 5. The third-order valence-corrected chi connectivity index (χ3v) is 8.40. The predicted molar refractivity (Wildman–Crippen MR) is 103 cm³/mol. The molecule has 3 fully saturated rings. The van der Waals surface area contributed by atoms with Gasteiger partial charge >= 0.3 is 5.97 Å². The molecule has 3 saturated carbocycles. The fourth-order valence-corrected chi connectivity index (χ4v) is 7.00. The Balaban J connectivity index is 1.78. The van der Waals surface area contributed by atoms with Crippen LogP contribution in [0.5, 0.6) is 0 Å². The molecule has 4 nitrogen and oxygen atoms in total. The van der Waals surface area contributed by atoms with E-state index in [2.05, 4.69) is 0 Å². The van der Waals surface area contributed by atoms with Gasteiger partial charge in [-0.15, -0.1) is 0 Å². The SMILES string of the molecule is CCC(=O)O[C@@H]1[C@H](C)C[C@H]2[C@@H]3C[C@H](F)C4=CC(=O)C=C[C@]4(C)[C@@]3(F)[C@@H](O)C[C@]12C. The van der Waals surface area contributed by atoms with Crippen molar-refractivity contribution in [1.82, 2.24) is 0 Å². The first-order valence-corrected chi connectivity index (χ1v) is 10.6. The first kappa shape index (κ1) is 20.7. The van der Waals surface area contributed by atoms with E-state index in [1.807, 2.05) is 13.8 Å². The molecule has 4 rings (SSSR count). The standard InChI is InChI=1S/C23H30F2O4/c1-5-19(28)29-20-12(2)8-14-15-10-17(24)16-9-13(26)6-7-22(16,4)23(15,25)18(27)11-21(14,20)3/h6-7,9,12,14-15,17-18,20,27H,5,8,10-11H2,1-4H3/t12-,14+,15+,17+,18+,20-,21+,22+,23+/m1/s1. The Morgan fingerprint density at radius 3 is 2.66 bits per heavy atom. The smallest absolute Gasteiger partial charge is 0.305 e. The van der Waals surface area contributed by atoms with Crippen molar-refractivity contribution in [2.75, 3.05) is 0 Å². The Hall–Kier alpha value is -1.56. The van der Waals surface area contributed by atoms with E-state index in [4.69, 9.17) is 4.74 Å². The van der Waals surface area contributed by atoms with Crippen LogP contribution in [0.2, 0.25) is 0 Å². The number of carbonyl (C=O) groups excluding carboxylic acids is 2. The minimum atomic E-state index is -2.08. The lowest BCUT2D eigenvalue weighted by Gasteiger charge is -2.62. The van der Waals surface area contributed by atoms with Crippen LogP contribution in [0.1, 0.15) is 53.4 Å². The highest BCUT2D eigenvalue weighted by atomic mass is 19.1. The van der Waals surface area contributed by atoms with Crippen molar-refractivity contribution in [1.29, 1.82) is 0 Å². The third-order valence-electron chi connectivity index (χ3n) is 8.40. The van der Waals surface area contributed by atoms with Crippen LogP contribution >= 0.6 is 0 Å². The van der Waals surface area contributed by atoms with Crippen LogP contribution in [-0.4, -0.2) is 40.9 Å². The molecule has 0 heterocycles. The van der Waals surface area contributed by atoms with E-state index < -0.39 is 40.8 Å². The Kier molecular flexibility index (Phi) is 4.62. The molecule has 9 atom stereocenters. The quantitative estimate of drug-likeness (QED) is 0.705. The van der Waals surface area contributed by atoms with Crippen molar-refractivity contribution >= 4 is 11.8 Å². The number of hydrogen-bond acceptors (Lipinski definition) is 4. The largest absolute Gasteiger partial charge is 0.461 e. The summed E-state index contributed by atoms with van der Waals surface area (Å²) in [7, 11) is 0. The molecule has 0 saturated heterocycles. The zero-order valence-corrected chi connectivity index (χ0v) is 17.5. The van der Waals surface area contributed by atoms with Crippen LogP contribution in [0, 0.1) is 28.6 Å². The molecule has 0 amide bonds. The van der Waals surface area contributed by atoms with Crippen molar-refractivity contribution in [3.05, 3.63) is 23.8 Å². The van der Waals surface area contributed by atoms with E-state index in [-0.39, 0.29) is 48.4 Å². The Bertz CT molecular complexity index is 807. The second-order valence-corrected chi connectivity index (χ2v) is 9.92. The summed E-state index contributed by atoms with van der Waals surface area (Å²) < 4.78 is 37.9. The third kappa shape index (κ3) is 2.57. The number of ketones is 1. The molecule has 0 spiro atoms. The Morgan fingerprint density at radius 2 is 2.00 bits per heavy atom. The Labute approximate surface area is 170 Å². The van der Waals surface area contributed by atoms with Crippen molar-refractivity contribution < 1.29 is 28.2 Å². The number of alkyl halides is 2. The monoisotopic (exact) mass is 408 g/mol. The number of halogens is 2. The van der Waals surface area contributed by atoms with E-state index in [0.29, 0.717) is 6.42 Å². The fourth-order valence-electron chi connectivity index (χ4n) is 7.00. The molecule has 160 valence electrons. The van der Waals surface area contributed by atoms with Gasteiger partial charge in [-0.25, -0.2) is 8.78 Å². The maximum atomic E-state index is 16.9. The lowest BCUT2D eigenvalue weighted by atomic mass is 9.45. The maximum absolute atomic E-state index is 16.9. The number of carbonyl (C=O) groups is 2. The second kappa shape index (κ2) is 6.47. The molecule has 1 N–H and O–H groups in total. The number of rotatable bonds is 2. The van der Waals surface area contributed by atoms with Gasteiger partial charge in [-0.2, -0.15) is 0 Å². The van der Waals surface area contributed by atoms with Crippen LogP contribution in [0.25, 0.3) is 0 Å². The summed E-state index contributed by atoms with van der Waals surface area (Å²) in [6.07, 6.45) is 1.65. The zero-order valence-electron chi connectivity index (χ0n) is 17.5. The van der Waals surface area contributed by atoms with Crippen LogP contribution < -0.4 is 0 Å².